The minimum atomic E-state index is -4.80. The van der Waals surface area contributed by atoms with Gasteiger partial charge in [0.1, 0.15) is 0 Å². The van der Waals surface area contributed by atoms with E-state index < -0.39 is 35.6 Å². The molecule has 1 aromatic rings. The number of nitrogens with zero attached hydrogens (tertiary/aromatic N) is 3. The van der Waals surface area contributed by atoms with Crippen LogP contribution in [0, 0.1) is 0 Å². The number of azide groups is 1. The fraction of sp³-hybridized carbons (Fsp3) is 0.333. The highest BCUT2D eigenvalue weighted by Crippen LogP contribution is 2.36. The van der Waals surface area contributed by atoms with Crippen LogP contribution in [0.25, 0.3) is 10.4 Å². The summed E-state index contributed by atoms with van der Waals surface area (Å²) in [4.78, 5) is 2.22. The molecule has 0 radical (unpaired) electrons. The molecule has 0 saturated carbocycles. The lowest BCUT2D eigenvalue weighted by Crippen LogP contribution is -2.12. The smallest absolute Gasteiger partial charge is 0.166 e. The highest BCUT2D eigenvalue weighted by Gasteiger charge is 2.36. The molecule has 0 heterocycles. The molecule has 0 fully saturated rings. The molecule has 0 N–H and O–H groups in total. The van der Waals surface area contributed by atoms with Gasteiger partial charge in [-0.3, -0.25) is 0 Å². The van der Waals surface area contributed by atoms with Gasteiger partial charge in [-0.25, -0.2) is 0 Å². The molecule has 1 rings (SSSR count). The van der Waals surface area contributed by atoms with Crippen LogP contribution >= 0.6 is 0 Å². The Kier molecular flexibility index (Phi) is 3.76. The Morgan fingerprint density at radius 3 is 2.11 bits per heavy atom. The SMILES string of the molecule is [N-]=[N+]=NCc1cc(C(F)(F)F)ccc1C(F)(F)F. The Hall–Kier alpha value is -1.89. The topological polar surface area (TPSA) is 48.8 Å². The molecule has 0 saturated heterocycles. The first-order valence-corrected chi connectivity index (χ1v) is 4.44. The maximum atomic E-state index is 12.5. The summed E-state index contributed by atoms with van der Waals surface area (Å²) in [5.74, 6) is 0. The summed E-state index contributed by atoms with van der Waals surface area (Å²) in [7, 11) is 0. The molecule has 0 unspecified atom stereocenters. The average molecular weight is 269 g/mol. The third-order valence-electron chi connectivity index (χ3n) is 2.04. The van der Waals surface area contributed by atoms with Crippen molar-refractivity contribution in [3.63, 3.8) is 0 Å². The Bertz CT molecular complexity index is 484. The van der Waals surface area contributed by atoms with Gasteiger partial charge in [-0.05, 0) is 29.3 Å². The predicted octanol–water partition coefficient (Wildman–Crippen LogP) is 4.53. The van der Waals surface area contributed by atoms with Gasteiger partial charge < -0.3 is 0 Å². The first-order valence-electron chi connectivity index (χ1n) is 4.44. The number of hydrogen-bond acceptors (Lipinski definition) is 1. The summed E-state index contributed by atoms with van der Waals surface area (Å²) in [6.07, 6.45) is -9.56. The minimum Gasteiger partial charge on any atom is -0.166 e. The van der Waals surface area contributed by atoms with Crippen LogP contribution in [0.4, 0.5) is 26.3 Å². The Labute approximate surface area is 96.7 Å². The van der Waals surface area contributed by atoms with Crippen LogP contribution in [0.2, 0.25) is 0 Å². The van der Waals surface area contributed by atoms with E-state index in [1.165, 1.54) is 0 Å². The van der Waals surface area contributed by atoms with E-state index in [0.29, 0.717) is 18.2 Å². The molecule has 0 aliphatic carbocycles. The van der Waals surface area contributed by atoms with Crippen LogP contribution in [-0.2, 0) is 18.9 Å². The van der Waals surface area contributed by atoms with Gasteiger partial charge in [0.05, 0.1) is 17.7 Å². The highest BCUT2D eigenvalue weighted by atomic mass is 19.4. The minimum absolute atomic E-state index is 0.324. The maximum Gasteiger partial charge on any atom is 0.416 e. The number of halogens is 6. The summed E-state index contributed by atoms with van der Waals surface area (Å²) in [6, 6.07) is 0.991. The van der Waals surface area contributed by atoms with Crippen LogP contribution in [0.3, 0.4) is 0 Å². The van der Waals surface area contributed by atoms with Crippen LogP contribution in [-0.4, -0.2) is 0 Å². The molecular formula is C9H5F6N3. The molecule has 98 valence electrons. The van der Waals surface area contributed by atoms with Gasteiger partial charge in [0.25, 0.3) is 0 Å². The fourth-order valence-corrected chi connectivity index (χ4v) is 1.29. The fourth-order valence-electron chi connectivity index (χ4n) is 1.29. The second kappa shape index (κ2) is 4.77. The quantitative estimate of drug-likeness (QED) is 0.327. The molecule has 9 heteroatoms. The number of alkyl halides is 6. The monoisotopic (exact) mass is 269 g/mol. The van der Waals surface area contributed by atoms with Crippen molar-refractivity contribution >= 4 is 0 Å². The third-order valence-corrected chi connectivity index (χ3v) is 2.04. The lowest BCUT2D eigenvalue weighted by atomic mass is 10.0. The third kappa shape index (κ3) is 3.30. The van der Waals surface area contributed by atoms with Crippen LogP contribution < -0.4 is 0 Å². The van der Waals surface area contributed by atoms with E-state index >= 15 is 0 Å². The summed E-state index contributed by atoms with van der Waals surface area (Å²) in [6.45, 7) is -0.796. The first kappa shape index (κ1) is 14.2. The Balaban J connectivity index is 3.33. The second-order valence-corrected chi connectivity index (χ2v) is 3.26. The molecular weight excluding hydrogens is 264 g/mol. The molecule has 0 amide bonds. The lowest BCUT2D eigenvalue weighted by Gasteiger charge is -2.14. The largest absolute Gasteiger partial charge is 0.416 e. The van der Waals surface area contributed by atoms with Crippen molar-refractivity contribution in [1.29, 1.82) is 0 Å². The number of hydrogen-bond donors (Lipinski definition) is 0. The van der Waals surface area contributed by atoms with E-state index in [2.05, 4.69) is 10.0 Å². The number of benzene rings is 1. The van der Waals surface area contributed by atoms with Gasteiger partial charge in [-0.2, -0.15) is 26.3 Å². The molecule has 1 aromatic carbocycles. The average Bonchev–Trinajstić information content (AvgIpc) is 2.23. The van der Waals surface area contributed by atoms with Crippen molar-refractivity contribution < 1.29 is 26.3 Å². The van der Waals surface area contributed by atoms with Gasteiger partial charge in [0.2, 0.25) is 0 Å². The van der Waals surface area contributed by atoms with E-state index in [1.54, 1.807) is 0 Å². The van der Waals surface area contributed by atoms with Gasteiger partial charge in [-0.1, -0.05) is 5.11 Å². The summed E-state index contributed by atoms with van der Waals surface area (Å²) in [5.41, 5.74) is 4.82. The molecule has 0 bridgehead atoms. The molecule has 18 heavy (non-hydrogen) atoms. The Morgan fingerprint density at radius 2 is 1.67 bits per heavy atom. The standard InChI is InChI=1S/C9H5F6N3/c10-8(11,12)6-1-2-7(9(13,14)15)5(3-6)4-17-18-16/h1-3H,4H2. The zero-order chi connectivity index (χ0) is 14.0. The zero-order valence-electron chi connectivity index (χ0n) is 8.55. The highest BCUT2D eigenvalue weighted by molar-refractivity contribution is 5.35. The predicted molar refractivity (Wildman–Crippen MR) is 49.3 cm³/mol. The van der Waals surface area contributed by atoms with E-state index in [1.807, 2.05) is 0 Å². The summed E-state index contributed by atoms with van der Waals surface area (Å²) < 4.78 is 74.5. The van der Waals surface area contributed by atoms with Crippen molar-refractivity contribution in [2.24, 2.45) is 5.11 Å². The van der Waals surface area contributed by atoms with Crippen molar-refractivity contribution in [3.05, 3.63) is 45.3 Å². The van der Waals surface area contributed by atoms with Gasteiger partial charge >= 0.3 is 12.4 Å². The molecule has 0 spiro atoms. The molecule has 0 aliphatic heterocycles. The first-order chi connectivity index (χ1) is 8.16. The Morgan fingerprint density at radius 1 is 1.06 bits per heavy atom. The van der Waals surface area contributed by atoms with Crippen molar-refractivity contribution in [2.75, 3.05) is 0 Å². The normalized spacial score (nSPS) is 12.1. The molecule has 0 aromatic heterocycles. The van der Waals surface area contributed by atoms with E-state index in [4.69, 9.17) is 5.53 Å². The summed E-state index contributed by atoms with van der Waals surface area (Å²) in [5, 5.41) is 2.85. The van der Waals surface area contributed by atoms with Crippen molar-refractivity contribution in [3.8, 4) is 0 Å². The van der Waals surface area contributed by atoms with E-state index in [-0.39, 0.29) is 0 Å². The van der Waals surface area contributed by atoms with E-state index in [0.717, 1.165) is 0 Å². The number of rotatable bonds is 2. The van der Waals surface area contributed by atoms with Gasteiger partial charge in [0.15, 0.2) is 0 Å². The van der Waals surface area contributed by atoms with Crippen molar-refractivity contribution in [1.82, 2.24) is 0 Å². The molecule has 0 aliphatic rings. The van der Waals surface area contributed by atoms with E-state index in [9.17, 15) is 26.3 Å². The van der Waals surface area contributed by atoms with Gasteiger partial charge in [0, 0.05) is 4.91 Å². The zero-order valence-corrected chi connectivity index (χ0v) is 8.55. The lowest BCUT2D eigenvalue weighted by molar-refractivity contribution is -0.141. The van der Waals surface area contributed by atoms with Gasteiger partial charge in [-0.15, -0.1) is 0 Å². The second-order valence-electron chi connectivity index (χ2n) is 3.26. The van der Waals surface area contributed by atoms with Crippen LogP contribution in [0.15, 0.2) is 23.3 Å². The molecule has 3 nitrogen and oxygen atoms in total. The molecule has 0 atom stereocenters. The maximum absolute atomic E-state index is 12.5. The summed E-state index contributed by atoms with van der Waals surface area (Å²) >= 11 is 0. The van der Waals surface area contributed by atoms with Crippen LogP contribution in [0.5, 0.6) is 0 Å². The van der Waals surface area contributed by atoms with Crippen molar-refractivity contribution in [2.45, 2.75) is 18.9 Å². The van der Waals surface area contributed by atoms with Crippen LogP contribution in [0.1, 0.15) is 16.7 Å².